The van der Waals surface area contributed by atoms with Crippen molar-refractivity contribution in [3.8, 4) is 17.0 Å². The van der Waals surface area contributed by atoms with Gasteiger partial charge in [-0.05, 0) is 17.9 Å². The minimum absolute atomic E-state index is 0.148. The zero-order valence-electron chi connectivity index (χ0n) is 11.9. The highest BCUT2D eigenvalue weighted by Crippen LogP contribution is 2.33. The summed E-state index contributed by atoms with van der Waals surface area (Å²) in [5, 5.41) is 14.5. The molecule has 0 saturated heterocycles. The van der Waals surface area contributed by atoms with E-state index in [4.69, 9.17) is 0 Å². The summed E-state index contributed by atoms with van der Waals surface area (Å²) >= 11 is 0. The molecule has 3 heteroatoms. The number of nitrogens with zero attached hydrogens (tertiary/aromatic N) is 2. The van der Waals surface area contributed by atoms with E-state index in [1.54, 1.807) is 0 Å². The molecule has 0 atom stereocenters. The molecule has 2 aromatic rings. The van der Waals surface area contributed by atoms with Crippen LogP contribution in [0.2, 0.25) is 0 Å². The van der Waals surface area contributed by atoms with Gasteiger partial charge >= 0.3 is 0 Å². The smallest absolute Gasteiger partial charge is 0.238 e. The van der Waals surface area contributed by atoms with Gasteiger partial charge < -0.3 is 5.11 Å². The molecule has 0 aliphatic heterocycles. The summed E-state index contributed by atoms with van der Waals surface area (Å²) in [6.45, 7) is 7.32. The van der Waals surface area contributed by atoms with Crippen LogP contribution in [0.15, 0.2) is 30.3 Å². The van der Waals surface area contributed by atoms with Crippen LogP contribution in [0.5, 0.6) is 5.88 Å². The number of hydrogen-bond donors (Lipinski definition) is 1. The molecular weight excluding hydrogens is 236 g/mol. The predicted molar refractivity (Wildman–Crippen MR) is 78.2 cm³/mol. The Morgan fingerprint density at radius 2 is 1.89 bits per heavy atom. The maximum absolute atomic E-state index is 10.2. The second-order valence-electron chi connectivity index (χ2n) is 5.34. The highest BCUT2D eigenvalue weighted by Gasteiger charge is 2.18. The molecule has 102 valence electrons. The molecule has 0 aliphatic rings. The van der Waals surface area contributed by atoms with E-state index in [0.717, 1.165) is 36.2 Å². The van der Waals surface area contributed by atoms with Crippen molar-refractivity contribution in [2.75, 3.05) is 0 Å². The lowest BCUT2D eigenvalue weighted by Gasteiger charge is -2.10. The number of aromatic hydroxyl groups is 1. The minimum Gasteiger partial charge on any atom is -0.492 e. The van der Waals surface area contributed by atoms with E-state index in [9.17, 15) is 5.11 Å². The van der Waals surface area contributed by atoms with Crippen LogP contribution < -0.4 is 0 Å². The molecule has 0 spiro atoms. The van der Waals surface area contributed by atoms with Crippen LogP contribution in [0, 0.1) is 5.92 Å². The summed E-state index contributed by atoms with van der Waals surface area (Å²) in [4.78, 5) is 0. The molecular formula is C16H22N2O. The van der Waals surface area contributed by atoms with Crippen molar-refractivity contribution < 1.29 is 5.11 Å². The lowest BCUT2D eigenvalue weighted by Crippen LogP contribution is -2.10. The second kappa shape index (κ2) is 5.91. The Kier molecular flexibility index (Phi) is 4.25. The molecule has 0 unspecified atom stereocenters. The molecule has 0 saturated carbocycles. The van der Waals surface area contributed by atoms with Gasteiger partial charge in [0.1, 0.15) is 0 Å². The maximum Gasteiger partial charge on any atom is 0.238 e. The average molecular weight is 258 g/mol. The third kappa shape index (κ3) is 2.98. The van der Waals surface area contributed by atoms with E-state index in [1.807, 2.05) is 35.0 Å². The van der Waals surface area contributed by atoms with E-state index in [-0.39, 0.29) is 5.88 Å². The van der Waals surface area contributed by atoms with Crippen LogP contribution in [0.1, 0.15) is 32.9 Å². The molecule has 2 rings (SSSR count). The fourth-order valence-corrected chi connectivity index (χ4v) is 2.37. The molecule has 1 aromatic heterocycles. The number of hydrogen-bond acceptors (Lipinski definition) is 2. The maximum atomic E-state index is 10.2. The largest absolute Gasteiger partial charge is 0.492 e. The van der Waals surface area contributed by atoms with Gasteiger partial charge in [-0.25, -0.2) is 0 Å². The van der Waals surface area contributed by atoms with Gasteiger partial charge in [0.05, 0.1) is 11.3 Å². The van der Waals surface area contributed by atoms with Crippen molar-refractivity contribution in [2.45, 2.75) is 40.2 Å². The minimum atomic E-state index is 0.148. The molecule has 19 heavy (non-hydrogen) atoms. The Morgan fingerprint density at radius 3 is 2.47 bits per heavy atom. The van der Waals surface area contributed by atoms with Gasteiger partial charge in [-0.1, -0.05) is 57.5 Å². The zero-order valence-corrected chi connectivity index (χ0v) is 11.9. The highest BCUT2D eigenvalue weighted by atomic mass is 16.3. The Bertz CT molecular complexity index is 529. The number of aromatic nitrogens is 2. The van der Waals surface area contributed by atoms with Gasteiger partial charge in [0.2, 0.25) is 5.88 Å². The molecule has 1 heterocycles. The van der Waals surface area contributed by atoms with Crippen molar-refractivity contribution in [3.05, 3.63) is 36.0 Å². The summed E-state index contributed by atoms with van der Waals surface area (Å²) in [6, 6.07) is 10.0. The van der Waals surface area contributed by atoms with E-state index in [1.165, 1.54) is 0 Å². The summed E-state index contributed by atoms with van der Waals surface area (Å²) in [5.41, 5.74) is 3.07. The monoisotopic (exact) mass is 258 g/mol. The van der Waals surface area contributed by atoms with Crippen molar-refractivity contribution in [2.24, 2.45) is 5.92 Å². The molecule has 0 bridgehead atoms. The fourth-order valence-electron chi connectivity index (χ4n) is 2.37. The first kappa shape index (κ1) is 13.7. The van der Waals surface area contributed by atoms with Gasteiger partial charge in [-0.2, -0.15) is 0 Å². The SMILES string of the molecule is CCCc1c(-c2ccccc2)c(O)nn1CC(C)C. The third-order valence-corrected chi connectivity index (χ3v) is 3.13. The Balaban J connectivity index is 2.50. The second-order valence-corrected chi connectivity index (χ2v) is 5.34. The first-order valence-electron chi connectivity index (χ1n) is 6.97. The van der Waals surface area contributed by atoms with E-state index in [0.29, 0.717) is 5.92 Å². The van der Waals surface area contributed by atoms with Crippen LogP contribution >= 0.6 is 0 Å². The summed E-state index contributed by atoms with van der Waals surface area (Å²) in [6.07, 6.45) is 1.98. The van der Waals surface area contributed by atoms with E-state index < -0.39 is 0 Å². The summed E-state index contributed by atoms with van der Waals surface area (Å²) < 4.78 is 1.96. The summed E-state index contributed by atoms with van der Waals surface area (Å²) in [7, 11) is 0. The highest BCUT2D eigenvalue weighted by molar-refractivity contribution is 5.71. The quantitative estimate of drug-likeness (QED) is 0.884. The molecule has 1 aromatic carbocycles. The van der Waals surface area contributed by atoms with E-state index >= 15 is 0 Å². The first-order chi connectivity index (χ1) is 9.13. The normalized spacial score (nSPS) is 11.2. The fraction of sp³-hybridized carbons (Fsp3) is 0.438. The van der Waals surface area contributed by atoms with Crippen molar-refractivity contribution in [1.29, 1.82) is 0 Å². The summed E-state index contributed by atoms with van der Waals surface area (Å²) in [5.74, 6) is 0.661. The molecule has 3 nitrogen and oxygen atoms in total. The van der Waals surface area contributed by atoms with E-state index in [2.05, 4.69) is 25.9 Å². The Hall–Kier alpha value is -1.77. The zero-order chi connectivity index (χ0) is 13.8. The molecule has 0 fully saturated rings. The van der Waals surface area contributed by atoms with Crippen molar-refractivity contribution in [1.82, 2.24) is 9.78 Å². The third-order valence-electron chi connectivity index (χ3n) is 3.13. The van der Waals surface area contributed by atoms with Gasteiger partial charge in [-0.3, -0.25) is 4.68 Å². The lowest BCUT2D eigenvalue weighted by atomic mass is 10.0. The van der Waals surface area contributed by atoms with Crippen molar-refractivity contribution >= 4 is 0 Å². The van der Waals surface area contributed by atoms with Gasteiger partial charge in [-0.15, -0.1) is 5.10 Å². The molecule has 1 N–H and O–H groups in total. The van der Waals surface area contributed by atoms with Crippen LogP contribution in [-0.2, 0) is 13.0 Å². The molecule has 0 amide bonds. The van der Waals surface area contributed by atoms with Gasteiger partial charge in [0.15, 0.2) is 0 Å². The number of benzene rings is 1. The van der Waals surface area contributed by atoms with Crippen LogP contribution in [0.25, 0.3) is 11.1 Å². The van der Waals surface area contributed by atoms with Crippen molar-refractivity contribution in [3.63, 3.8) is 0 Å². The van der Waals surface area contributed by atoms with Crippen LogP contribution in [0.3, 0.4) is 0 Å². The first-order valence-corrected chi connectivity index (χ1v) is 6.97. The lowest BCUT2D eigenvalue weighted by molar-refractivity contribution is 0.416. The average Bonchev–Trinajstić information content (AvgIpc) is 2.66. The number of rotatable bonds is 5. The van der Waals surface area contributed by atoms with Crippen LogP contribution in [-0.4, -0.2) is 14.9 Å². The Morgan fingerprint density at radius 1 is 1.21 bits per heavy atom. The van der Waals surface area contributed by atoms with Crippen LogP contribution in [0.4, 0.5) is 0 Å². The molecule has 0 aliphatic carbocycles. The standard InChI is InChI=1S/C16H22N2O/c1-4-8-14-15(13-9-6-5-7-10-13)16(19)17-18(14)11-12(2)3/h5-7,9-10,12H,4,8,11H2,1-3H3,(H,17,19). The predicted octanol–water partition coefficient (Wildman–Crippen LogP) is 3.86. The Labute approximate surface area is 114 Å². The topological polar surface area (TPSA) is 38.1 Å². The van der Waals surface area contributed by atoms with Gasteiger partial charge in [0.25, 0.3) is 0 Å². The molecule has 0 radical (unpaired) electrons. The van der Waals surface area contributed by atoms with Gasteiger partial charge in [0, 0.05) is 6.54 Å².